The van der Waals surface area contributed by atoms with Gasteiger partial charge in [0.05, 0.1) is 12.7 Å². The van der Waals surface area contributed by atoms with Crippen LogP contribution in [0.1, 0.15) is 10.4 Å². The summed E-state index contributed by atoms with van der Waals surface area (Å²) in [5.41, 5.74) is 0.380. The van der Waals surface area contributed by atoms with Crippen molar-refractivity contribution in [3.05, 3.63) is 35.1 Å². The Labute approximate surface area is 109 Å². The number of halogens is 1. The predicted octanol–water partition coefficient (Wildman–Crippen LogP) is 1.73. The molecule has 1 aromatic carbocycles. The number of hydrogen-bond acceptors (Lipinski definition) is 4. The van der Waals surface area contributed by atoms with Gasteiger partial charge in [0.2, 0.25) is 5.95 Å². The second kappa shape index (κ2) is 5.05. The molecular formula is C11H11ClN4O2. The van der Waals surface area contributed by atoms with Gasteiger partial charge in [0, 0.05) is 12.1 Å². The highest BCUT2D eigenvalue weighted by molar-refractivity contribution is 6.31. The molecule has 2 rings (SSSR count). The average Bonchev–Trinajstić information content (AvgIpc) is 2.74. The Hall–Kier alpha value is -2.08. The molecule has 18 heavy (non-hydrogen) atoms. The summed E-state index contributed by atoms with van der Waals surface area (Å²) in [6.45, 7) is 0. The van der Waals surface area contributed by atoms with Crippen LogP contribution in [-0.2, 0) is 7.05 Å². The normalized spacial score (nSPS) is 10.2. The van der Waals surface area contributed by atoms with Crippen LogP contribution >= 0.6 is 11.6 Å². The first kappa shape index (κ1) is 12.4. The minimum atomic E-state index is -0.334. The summed E-state index contributed by atoms with van der Waals surface area (Å²) in [6, 6.07) is 4.79. The van der Waals surface area contributed by atoms with Crippen molar-refractivity contribution in [2.75, 3.05) is 12.4 Å². The van der Waals surface area contributed by atoms with Crippen LogP contribution in [0.3, 0.4) is 0 Å². The van der Waals surface area contributed by atoms with Crippen molar-refractivity contribution >= 4 is 23.5 Å². The Morgan fingerprint density at radius 3 is 2.89 bits per heavy atom. The minimum Gasteiger partial charge on any atom is -0.496 e. The number of carbonyl (C=O) groups excluding carboxylic acids is 1. The molecule has 1 heterocycles. The highest BCUT2D eigenvalue weighted by atomic mass is 35.5. The van der Waals surface area contributed by atoms with Crippen molar-refractivity contribution in [2.24, 2.45) is 7.05 Å². The predicted molar refractivity (Wildman–Crippen MR) is 67.0 cm³/mol. The van der Waals surface area contributed by atoms with Crippen LogP contribution in [0.15, 0.2) is 24.5 Å². The van der Waals surface area contributed by atoms with Gasteiger partial charge < -0.3 is 4.74 Å². The number of methoxy groups -OCH3 is 1. The van der Waals surface area contributed by atoms with Gasteiger partial charge in [-0.1, -0.05) is 11.6 Å². The molecule has 0 aliphatic rings. The molecule has 0 bridgehead atoms. The minimum absolute atomic E-state index is 0.334. The molecule has 2 aromatic rings. The topological polar surface area (TPSA) is 69.0 Å². The zero-order chi connectivity index (χ0) is 13.1. The summed E-state index contributed by atoms with van der Waals surface area (Å²) >= 11 is 5.83. The van der Waals surface area contributed by atoms with E-state index in [1.54, 1.807) is 25.2 Å². The molecule has 0 spiro atoms. The zero-order valence-electron chi connectivity index (χ0n) is 9.85. The molecule has 0 saturated heterocycles. The van der Waals surface area contributed by atoms with E-state index in [4.69, 9.17) is 16.3 Å². The van der Waals surface area contributed by atoms with E-state index in [0.717, 1.165) is 0 Å². The quantitative estimate of drug-likeness (QED) is 0.919. The lowest BCUT2D eigenvalue weighted by Gasteiger charge is -2.08. The van der Waals surface area contributed by atoms with Crippen molar-refractivity contribution in [3.8, 4) is 5.75 Å². The summed E-state index contributed by atoms with van der Waals surface area (Å²) in [7, 11) is 3.16. The van der Waals surface area contributed by atoms with E-state index in [9.17, 15) is 4.79 Å². The van der Waals surface area contributed by atoms with Crippen molar-refractivity contribution in [2.45, 2.75) is 0 Å². The molecule has 0 radical (unpaired) electrons. The first-order valence-electron chi connectivity index (χ1n) is 5.10. The molecule has 0 aliphatic carbocycles. The molecule has 1 amide bonds. The summed E-state index contributed by atoms with van der Waals surface area (Å²) in [5, 5.41) is 6.99. The fourth-order valence-electron chi connectivity index (χ4n) is 1.43. The van der Waals surface area contributed by atoms with Gasteiger partial charge in [0.25, 0.3) is 5.91 Å². The lowest BCUT2D eigenvalue weighted by Crippen LogP contribution is -2.16. The molecule has 0 unspecified atom stereocenters. The molecular weight excluding hydrogens is 256 g/mol. The third kappa shape index (κ3) is 2.43. The number of hydrogen-bond donors (Lipinski definition) is 1. The van der Waals surface area contributed by atoms with Gasteiger partial charge in [0.1, 0.15) is 12.1 Å². The molecule has 0 fully saturated rings. The first-order chi connectivity index (χ1) is 8.61. The summed E-state index contributed by atoms with van der Waals surface area (Å²) in [5.74, 6) is 0.429. The number of nitrogens with one attached hydrogen (secondary N) is 1. The Morgan fingerprint density at radius 2 is 2.28 bits per heavy atom. The lowest BCUT2D eigenvalue weighted by molar-refractivity contribution is 0.102. The standard InChI is InChI=1S/C11H11ClN4O2/c1-16-11(13-6-14-16)15-10(17)8-4-3-7(12)5-9(8)18-2/h3-6H,1-2H3,(H,13,14,15,17). The van der Waals surface area contributed by atoms with Crippen molar-refractivity contribution in [3.63, 3.8) is 0 Å². The van der Waals surface area contributed by atoms with Gasteiger partial charge in [0.15, 0.2) is 0 Å². The lowest BCUT2D eigenvalue weighted by atomic mass is 10.2. The highest BCUT2D eigenvalue weighted by Crippen LogP contribution is 2.23. The average molecular weight is 267 g/mol. The van der Waals surface area contributed by atoms with E-state index >= 15 is 0 Å². The van der Waals surface area contributed by atoms with Crippen molar-refractivity contribution in [1.82, 2.24) is 14.8 Å². The molecule has 0 saturated carbocycles. The smallest absolute Gasteiger partial charge is 0.261 e. The van der Waals surface area contributed by atoms with Gasteiger partial charge in [-0.3, -0.25) is 10.1 Å². The number of benzene rings is 1. The van der Waals surface area contributed by atoms with Crippen LogP contribution in [0.4, 0.5) is 5.95 Å². The van der Waals surface area contributed by atoms with E-state index in [1.807, 2.05) is 0 Å². The van der Waals surface area contributed by atoms with Crippen LogP contribution in [-0.4, -0.2) is 27.8 Å². The number of aryl methyl sites for hydroxylation is 1. The maximum Gasteiger partial charge on any atom is 0.261 e. The third-order valence-electron chi connectivity index (χ3n) is 2.34. The summed E-state index contributed by atoms with van der Waals surface area (Å²) in [6.07, 6.45) is 1.36. The van der Waals surface area contributed by atoms with Crippen LogP contribution in [0, 0.1) is 0 Å². The SMILES string of the molecule is COc1cc(Cl)ccc1C(=O)Nc1ncnn1C. The largest absolute Gasteiger partial charge is 0.496 e. The van der Waals surface area contributed by atoms with E-state index in [0.29, 0.717) is 22.3 Å². The monoisotopic (exact) mass is 266 g/mol. The van der Waals surface area contributed by atoms with E-state index in [2.05, 4.69) is 15.4 Å². The van der Waals surface area contributed by atoms with E-state index in [1.165, 1.54) is 18.1 Å². The Bertz CT molecular complexity index is 582. The Balaban J connectivity index is 2.26. The number of nitrogens with zero attached hydrogens (tertiary/aromatic N) is 3. The van der Waals surface area contributed by atoms with Crippen LogP contribution in [0.5, 0.6) is 5.75 Å². The maximum atomic E-state index is 12.0. The fourth-order valence-corrected chi connectivity index (χ4v) is 1.59. The molecule has 1 N–H and O–H groups in total. The van der Waals surface area contributed by atoms with Gasteiger partial charge in [-0.05, 0) is 18.2 Å². The maximum absolute atomic E-state index is 12.0. The second-order valence-electron chi connectivity index (χ2n) is 3.51. The number of rotatable bonds is 3. The molecule has 1 aromatic heterocycles. The Morgan fingerprint density at radius 1 is 1.50 bits per heavy atom. The second-order valence-corrected chi connectivity index (χ2v) is 3.94. The highest BCUT2D eigenvalue weighted by Gasteiger charge is 2.14. The molecule has 7 heteroatoms. The molecule has 0 aliphatic heterocycles. The van der Waals surface area contributed by atoms with Crippen LogP contribution < -0.4 is 10.1 Å². The first-order valence-corrected chi connectivity index (χ1v) is 5.48. The van der Waals surface area contributed by atoms with Gasteiger partial charge >= 0.3 is 0 Å². The van der Waals surface area contributed by atoms with Crippen molar-refractivity contribution in [1.29, 1.82) is 0 Å². The molecule has 0 atom stereocenters. The number of ether oxygens (including phenoxy) is 1. The zero-order valence-corrected chi connectivity index (χ0v) is 10.6. The fraction of sp³-hybridized carbons (Fsp3) is 0.182. The van der Waals surface area contributed by atoms with Crippen molar-refractivity contribution < 1.29 is 9.53 Å². The Kier molecular flexibility index (Phi) is 3.47. The van der Waals surface area contributed by atoms with Crippen LogP contribution in [0.2, 0.25) is 5.02 Å². The number of aromatic nitrogens is 3. The molecule has 94 valence electrons. The van der Waals surface area contributed by atoms with Gasteiger partial charge in [-0.25, -0.2) is 4.68 Å². The summed E-state index contributed by atoms with van der Waals surface area (Å²) < 4.78 is 6.57. The number of amides is 1. The number of carbonyl (C=O) groups is 1. The number of anilines is 1. The molecule has 6 nitrogen and oxygen atoms in total. The van der Waals surface area contributed by atoms with E-state index < -0.39 is 0 Å². The van der Waals surface area contributed by atoms with Crippen LogP contribution in [0.25, 0.3) is 0 Å². The van der Waals surface area contributed by atoms with Gasteiger partial charge in [-0.2, -0.15) is 10.1 Å². The van der Waals surface area contributed by atoms with E-state index in [-0.39, 0.29) is 5.91 Å². The van der Waals surface area contributed by atoms with Gasteiger partial charge in [-0.15, -0.1) is 0 Å². The summed E-state index contributed by atoms with van der Waals surface area (Å²) in [4.78, 5) is 15.9. The third-order valence-corrected chi connectivity index (χ3v) is 2.58.